The molecule has 0 aliphatic carbocycles. The van der Waals surface area contributed by atoms with Crippen LogP contribution in [0, 0.1) is 12.3 Å². The number of halogens is 3. The number of carbonyl (C=O) groups excluding carboxylic acids is 1. The summed E-state index contributed by atoms with van der Waals surface area (Å²) in [4.78, 5) is 15.5. The zero-order valence-electron chi connectivity index (χ0n) is 12.5. The Morgan fingerprint density at radius 1 is 1.35 bits per heavy atom. The Morgan fingerprint density at radius 2 is 2.09 bits per heavy atom. The lowest BCUT2D eigenvalue weighted by Gasteiger charge is -2.13. The molecule has 0 atom stereocenters. The molecule has 8 heteroatoms. The van der Waals surface area contributed by atoms with Crippen LogP contribution in [0.25, 0.3) is 0 Å². The van der Waals surface area contributed by atoms with Crippen molar-refractivity contribution in [3.8, 4) is 12.3 Å². The second-order valence-corrected chi connectivity index (χ2v) is 4.49. The first-order valence-corrected chi connectivity index (χ1v) is 6.72. The highest BCUT2D eigenvalue weighted by molar-refractivity contribution is 5.95. The molecule has 1 amide bonds. The van der Waals surface area contributed by atoms with Crippen molar-refractivity contribution in [1.82, 2.24) is 10.6 Å². The van der Waals surface area contributed by atoms with Crippen LogP contribution >= 0.6 is 0 Å². The Morgan fingerprint density at radius 3 is 2.70 bits per heavy atom. The fourth-order valence-electron chi connectivity index (χ4n) is 1.60. The van der Waals surface area contributed by atoms with E-state index in [4.69, 9.17) is 6.42 Å². The van der Waals surface area contributed by atoms with Crippen molar-refractivity contribution in [2.45, 2.75) is 12.6 Å². The molecule has 0 aliphatic rings. The number of aliphatic imine (C=N–C) groups is 1. The van der Waals surface area contributed by atoms with Gasteiger partial charge in [-0.25, -0.2) is 0 Å². The number of guanidine groups is 1. The number of anilines is 1. The average molecular weight is 326 g/mol. The van der Waals surface area contributed by atoms with Crippen LogP contribution in [0.2, 0.25) is 0 Å². The van der Waals surface area contributed by atoms with Crippen LogP contribution in [0.15, 0.2) is 29.3 Å². The number of carbonyl (C=O) groups is 1. The van der Waals surface area contributed by atoms with Crippen LogP contribution in [0.1, 0.15) is 12.0 Å². The highest BCUT2D eigenvalue weighted by Crippen LogP contribution is 2.18. The van der Waals surface area contributed by atoms with E-state index in [0.29, 0.717) is 11.3 Å². The lowest BCUT2D eigenvalue weighted by molar-refractivity contribution is -0.132. The third-order valence-electron chi connectivity index (χ3n) is 2.65. The zero-order chi connectivity index (χ0) is 17.3. The maximum atomic E-state index is 12.0. The van der Waals surface area contributed by atoms with E-state index < -0.39 is 12.6 Å². The van der Waals surface area contributed by atoms with Gasteiger partial charge in [0.15, 0.2) is 5.96 Å². The van der Waals surface area contributed by atoms with Crippen LogP contribution in [-0.4, -0.2) is 38.2 Å². The molecule has 0 bridgehead atoms. The summed E-state index contributed by atoms with van der Waals surface area (Å²) >= 11 is 0. The summed E-state index contributed by atoms with van der Waals surface area (Å²) in [5.41, 5.74) is 1.16. The van der Waals surface area contributed by atoms with Gasteiger partial charge in [0.25, 0.3) is 0 Å². The molecule has 5 nitrogen and oxygen atoms in total. The highest BCUT2D eigenvalue weighted by atomic mass is 19.4. The molecule has 0 aromatic heterocycles. The number of nitrogens with zero attached hydrogens (tertiary/aromatic N) is 1. The first-order valence-electron chi connectivity index (χ1n) is 6.72. The summed E-state index contributed by atoms with van der Waals surface area (Å²) in [6.07, 6.45) is 0.0318. The van der Waals surface area contributed by atoms with E-state index in [-0.39, 0.29) is 25.0 Å². The molecule has 124 valence electrons. The van der Waals surface area contributed by atoms with Gasteiger partial charge in [-0.2, -0.15) is 13.2 Å². The molecule has 0 aliphatic heterocycles. The molecule has 0 saturated carbocycles. The minimum Gasteiger partial charge on any atom is -0.356 e. The van der Waals surface area contributed by atoms with Crippen molar-refractivity contribution in [2.24, 2.45) is 4.99 Å². The van der Waals surface area contributed by atoms with Gasteiger partial charge in [-0.1, -0.05) is 12.0 Å². The van der Waals surface area contributed by atoms with Crippen LogP contribution < -0.4 is 16.0 Å². The number of hydrogen-bond acceptors (Lipinski definition) is 2. The molecule has 0 fully saturated rings. The van der Waals surface area contributed by atoms with Crippen molar-refractivity contribution in [1.29, 1.82) is 0 Å². The number of benzene rings is 1. The maximum absolute atomic E-state index is 12.0. The molecule has 0 saturated heterocycles. The van der Waals surface area contributed by atoms with Crippen molar-refractivity contribution < 1.29 is 18.0 Å². The number of rotatable bonds is 5. The Bertz CT molecular complexity index is 605. The van der Waals surface area contributed by atoms with Crippen LogP contribution in [0.3, 0.4) is 0 Å². The quantitative estimate of drug-likeness (QED) is 0.439. The largest absolute Gasteiger partial charge is 0.390 e. The zero-order valence-corrected chi connectivity index (χ0v) is 12.5. The predicted octanol–water partition coefficient (Wildman–Crippen LogP) is 1.72. The predicted molar refractivity (Wildman–Crippen MR) is 83.0 cm³/mol. The molecule has 3 N–H and O–H groups in total. The van der Waals surface area contributed by atoms with Crippen molar-refractivity contribution >= 4 is 17.6 Å². The maximum Gasteiger partial charge on any atom is 0.390 e. The summed E-state index contributed by atoms with van der Waals surface area (Å²) in [6, 6.07) is 6.74. The van der Waals surface area contributed by atoms with E-state index in [1.807, 2.05) is 0 Å². The molecule has 0 heterocycles. The van der Waals surface area contributed by atoms with Crippen LogP contribution in [0.5, 0.6) is 0 Å². The van der Waals surface area contributed by atoms with Crippen molar-refractivity contribution in [3.05, 3.63) is 29.8 Å². The van der Waals surface area contributed by atoms with Crippen LogP contribution in [0.4, 0.5) is 18.9 Å². The molecule has 0 spiro atoms. The number of amides is 1. The minimum atomic E-state index is -4.24. The van der Waals surface area contributed by atoms with Gasteiger partial charge >= 0.3 is 6.18 Å². The van der Waals surface area contributed by atoms with Gasteiger partial charge in [-0.3, -0.25) is 9.79 Å². The third-order valence-corrected chi connectivity index (χ3v) is 2.65. The summed E-state index contributed by atoms with van der Waals surface area (Å²) in [5, 5.41) is 7.72. The SMILES string of the molecule is C#Cc1cccc(NC(=O)CNC(=NC)NCCC(F)(F)F)c1. The lowest BCUT2D eigenvalue weighted by Crippen LogP contribution is -2.42. The average Bonchev–Trinajstić information content (AvgIpc) is 2.49. The molecule has 0 unspecified atom stereocenters. The molecular weight excluding hydrogens is 309 g/mol. The third kappa shape index (κ3) is 7.76. The number of terminal acetylenes is 1. The van der Waals surface area contributed by atoms with Gasteiger partial charge in [0.1, 0.15) is 0 Å². The first kappa shape index (κ1) is 18.4. The Hall–Kier alpha value is -2.69. The van der Waals surface area contributed by atoms with Crippen LogP contribution in [-0.2, 0) is 4.79 Å². The van der Waals surface area contributed by atoms with Gasteiger partial charge in [-0.05, 0) is 18.2 Å². The summed E-state index contributed by atoms with van der Waals surface area (Å²) in [6.45, 7) is -0.471. The molecule has 0 radical (unpaired) electrons. The first-order chi connectivity index (χ1) is 10.8. The number of hydrogen-bond donors (Lipinski definition) is 3. The standard InChI is InChI=1S/C15H17F3N4O/c1-3-11-5-4-6-12(9-11)22-13(23)10-21-14(19-2)20-8-7-15(16,17)18/h1,4-6,9H,7-8,10H2,2H3,(H,22,23)(H2,19,20,21). The normalized spacial score (nSPS) is 11.5. The van der Waals surface area contributed by atoms with E-state index >= 15 is 0 Å². The van der Waals surface area contributed by atoms with Crippen molar-refractivity contribution in [3.63, 3.8) is 0 Å². The molecule has 1 rings (SSSR count). The topological polar surface area (TPSA) is 65.5 Å². The Balaban J connectivity index is 2.40. The molecular formula is C15H17F3N4O. The van der Waals surface area contributed by atoms with E-state index in [2.05, 4.69) is 26.9 Å². The number of nitrogens with one attached hydrogen (secondary N) is 3. The van der Waals surface area contributed by atoms with Gasteiger partial charge in [-0.15, -0.1) is 6.42 Å². The van der Waals surface area contributed by atoms with Gasteiger partial charge in [0.05, 0.1) is 13.0 Å². The lowest BCUT2D eigenvalue weighted by atomic mass is 10.2. The monoisotopic (exact) mass is 326 g/mol. The van der Waals surface area contributed by atoms with E-state index in [1.54, 1.807) is 24.3 Å². The minimum absolute atomic E-state index is 0.113. The van der Waals surface area contributed by atoms with Gasteiger partial charge in [0, 0.05) is 24.8 Å². The number of alkyl halides is 3. The van der Waals surface area contributed by atoms with Gasteiger partial charge in [0.2, 0.25) is 5.91 Å². The van der Waals surface area contributed by atoms with E-state index in [1.165, 1.54) is 7.05 Å². The molecule has 1 aromatic rings. The fourth-order valence-corrected chi connectivity index (χ4v) is 1.60. The highest BCUT2D eigenvalue weighted by Gasteiger charge is 2.26. The van der Waals surface area contributed by atoms with Crippen molar-refractivity contribution in [2.75, 3.05) is 25.5 Å². The van der Waals surface area contributed by atoms with E-state index in [0.717, 1.165) is 0 Å². The molecule has 23 heavy (non-hydrogen) atoms. The van der Waals surface area contributed by atoms with Gasteiger partial charge < -0.3 is 16.0 Å². The fraction of sp³-hybridized carbons (Fsp3) is 0.333. The summed E-state index contributed by atoms with van der Waals surface area (Å²) < 4.78 is 36.1. The second kappa shape index (κ2) is 8.68. The van der Waals surface area contributed by atoms with E-state index in [9.17, 15) is 18.0 Å². The smallest absolute Gasteiger partial charge is 0.356 e. The summed E-state index contributed by atoms with van der Waals surface area (Å²) in [5.74, 6) is 2.18. The Labute approximate surface area is 132 Å². The summed E-state index contributed by atoms with van der Waals surface area (Å²) in [7, 11) is 1.40. The molecule has 1 aromatic carbocycles. The second-order valence-electron chi connectivity index (χ2n) is 4.49. The Kier molecular flexibility index (Phi) is 6.93.